The zero-order valence-corrected chi connectivity index (χ0v) is 11.0. The molecule has 10 heteroatoms. The molecule has 0 bridgehead atoms. The van der Waals surface area contributed by atoms with Crippen LogP contribution < -0.4 is 0 Å². The number of nitro groups is 1. The first-order valence-corrected chi connectivity index (χ1v) is 6.16. The van der Waals surface area contributed by atoms with Crippen LogP contribution in [0.2, 0.25) is 0 Å². The van der Waals surface area contributed by atoms with Crippen molar-refractivity contribution in [2.45, 2.75) is 3.12 Å². The van der Waals surface area contributed by atoms with Crippen molar-refractivity contribution in [1.82, 2.24) is 4.31 Å². The Bertz CT molecular complexity index is 244. The summed E-state index contributed by atoms with van der Waals surface area (Å²) in [6.45, 7) is 0. The summed E-state index contributed by atoms with van der Waals surface area (Å²) in [5.41, 5.74) is 0. The van der Waals surface area contributed by atoms with E-state index >= 15 is 0 Å². The Kier molecular flexibility index (Phi) is 6.31. The minimum atomic E-state index is -1.57. The minimum Gasteiger partial charge on any atom is -0.290 e. The highest BCUT2D eigenvalue weighted by Crippen LogP contribution is 2.41. The van der Waals surface area contributed by atoms with E-state index in [9.17, 15) is 10.1 Å². The van der Waals surface area contributed by atoms with E-state index < -0.39 is 8.16 Å². The highest BCUT2D eigenvalue weighted by atomic mass is 35.6. The van der Waals surface area contributed by atoms with Crippen LogP contribution in [-0.2, 0) is 0 Å². The Morgan fingerprint density at radius 3 is 2.36 bits per heavy atom. The molecule has 0 spiro atoms. The monoisotopic (exact) mass is 297 g/mol. The molecule has 0 saturated carbocycles. The van der Waals surface area contributed by atoms with Crippen molar-refractivity contribution in [2.75, 3.05) is 13.3 Å². The second-order valence-corrected chi connectivity index (χ2v) is 6.93. The van der Waals surface area contributed by atoms with Crippen molar-refractivity contribution in [3.63, 3.8) is 0 Å². The molecule has 0 aliphatic carbocycles. The Morgan fingerprint density at radius 2 is 2.07 bits per heavy atom. The van der Waals surface area contributed by atoms with Crippen molar-refractivity contribution >= 4 is 63.7 Å². The molecule has 0 heterocycles. The van der Waals surface area contributed by atoms with Gasteiger partial charge in [0.2, 0.25) is 5.17 Å². The van der Waals surface area contributed by atoms with E-state index in [2.05, 4.69) is 5.10 Å². The molecule has 0 amide bonds. The SMILES string of the molecule is CS/C(=N\[N+](=O)[O-])N(C)SC(Cl)(Cl)Cl. The number of hydrogen-bond acceptors (Lipinski definition) is 4. The number of thioether (sulfide) groups is 1. The van der Waals surface area contributed by atoms with Crippen LogP contribution in [0.4, 0.5) is 0 Å². The number of rotatable bonds is 2. The van der Waals surface area contributed by atoms with Crippen molar-refractivity contribution < 1.29 is 5.03 Å². The average Bonchev–Trinajstić information content (AvgIpc) is 1.96. The largest absolute Gasteiger partial charge is 0.290 e. The van der Waals surface area contributed by atoms with Crippen LogP contribution in [0, 0.1) is 10.1 Å². The van der Waals surface area contributed by atoms with Gasteiger partial charge in [-0.1, -0.05) is 46.6 Å². The summed E-state index contributed by atoms with van der Waals surface area (Å²) in [5, 5.41) is 12.6. The maximum atomic E-state index is 10.1. The number of hydrazone groups is 1. The molecule has 0 aliphatic rings. The fraction of sp³-hybridized carbons (Fsp3) is 0.750. The Balaban J connectivity index is 4.48. The molecular weight excluding hydrogens is 293 g/mol. The van der Waals surface area contributed by atoms with E-state index in [0.717, 1.165) is 23.7 Å². The molecule has 0 fully saturated rings. The Labute approximate surface area is 104 Å². The zero-order valence-electron chi connectivity index (χ0n) is 7.11. The second kappa shape index (κ2) is 6.12. The highest BCUT2D eigenvalue weighted by molar-refractivity contribution is 8.15. The van der Waals surface area contributed by atoms with Crippen molar-refractivity contribution in [1.29, 1.82) is 0 Å². The van der Waals surface area contributed by atoms with Gasteiger partial charge in [-0.25, -0.2) is 10.1 Å². The molecule has 0 unspecified atom stereocenters. The summed E-state index contributed by atoms with van der Waals surface area (Å²) in [5.74, 6) is 0. The number of nitrogens with zero attached hydrogens (tertiary/aromatic N) is 3. The summed E-state index contributed by atoms with van der Waals surface area (Å²) in [6.07, 6.45) is 1.64. The third kappa shape index (κ3) is 6.83. The van der Waals surface area contributed by atoms with E-state index in [0.29, 0.717) is 0 Å². The maximum Gasteiger partial charge on any atom is 0.256 e. The van der Waals surface area contributed by atoms with Gasteiger partial charge < -0.3 is 0 Å². The number of amidine groups is 1. The number of halogens is 3. The standard InChI is InChI=1S/C4H6Cl3N3O2S2/c1-9(14-4(5,6)7)3(13-2)8-10(11)12/h1-2H3/b8-3-. The van der Waals surface area contributed by atoms with E-state index in [1.807, 2.05) is 0 Å². The van der Waals surface area contributed by atoms with Crippen LogP contribution in [0.5, 0.6) is 0 Å². The van der Waals surface area contributed by atoms with Crippen LogP contribution in [0.15, 0.2) is 5.10 Å². The van der Waals surface area contributed by atoms with E-state index in [4.69, 9.17) is 34.8 Å². The fourth-order valence-electron chi connectivity index (χ4n) is 0.497. The van der Waals surface area contributed by atoms with Gasteiger partial charge in [0, 0.05) is 19.0 Å². The summed E-state index contributed by atoms with van der Waals surface area (Å²) in [6, 6.07) is 0. The number of alkyl halides is 3. The predicted octanol–water partition coefficient (Wildman–Crippen LogP) is 2.80. The van der Waals surface area contributed by atoms with Crippen LogP contribution in [-0.4, -0.2) is 30.9 Å². The van der Waals surface area contributed by atoms with Gasteiger partial charge in [0.25, 0.3) is 3.12 Å². The summed E-state index contributed by atoms with van der Waals surface area (Å²) < 4.78 is -0.248. The lowest BCUT2D eigenvalue weighted by Gasteiger charge is -2.19. The van der Waals surface area contributed by atoms with Gasteiger partial charge in [-0.2, -0.15) is 0 Å². The lowest BCUT2D eigenvalue weighted by Crippen LogP contribution is -2.21. The predicted molar refractivity (Wildman–Crippen MR) is 63.6 cm³/mol. The van der Waals surface area contributed by atoms with Crippen LogP contribution in [0.25, 0.3) is 0 Å². The lowest BCUT2D eigenvalue weighted by atomic mass is 11.2. The highest BCUT2D eigenvalue weighted by Gasteiger charge is 2.26. The van der Waals surface area contributed by atoms with Crippen molar-refractivity contribution in [3.8, 4) is 0 Å². The third-order valence-electron chi connectivity index (χ3n) is 0.860. The maximum absolute atomic E-state index is 10.1. The molecular formula is C4H6Cl3N3O2S2. The van der Waals surface area contributed by atoms with Gasteiger partial charge in [0.05, 0.1) is 5.10 Å². The first-order chi connectivity index (χ1) is 6.26. The quantitative estimate of drug-likeness (QED) is 0.196. The molecule has 5 nitrogen and oxygen atoms in total. The molecule has 0 saturated heterocycles. The Hall–Kier alpha value is 0.440. The molecule has 14 heavy (non-hydrogen) atoms. The topological polar surface area (TPSA) is 58.7 Å². The molecule has 0 rings (SSSR count). The van der Waals surface area contributed by atoms with Crippen LogP contribution >= 0.6 is 58.5 Å². The normalized spacial score (nSPS) is 12.8. The molecule has 0 atom stereocenters. The van der Waals surface area contributed by atoms with Crippen LogP contribution in [0.3, 0.4) is 0 Å². The molecule has 0 aromatic rings. The summed E-state index contributed by atoms with van der Waals surface area (Å²) in [4.78, 5) is 10.1. The van der Waals surface area contributed by atoms with Gasteiger partial charge in [-0.15, -0.1) is 0 Å². The van der Waals surface area contributed by atoms with Gasteiger partial charge in [-0.3, -0.25) is 4.31 Å². The molecule has 0 radical (unpaired) electrons. The minimum absolute atomic E-state index is 0.145. The smallest absolute Gasteiger partial charge is 0.256 e. The van der Waals surface area contributed by atoms with Gasteiger partial charge in [0.15, 0.2) is 5.03 Å². The summed E-state index contributed by atoms with van der Waals surface area (Å²) in [7, 11) is 1.52. The number of hydrogen-bond donors (Lipinski definition) is 0. The fourth-order valence-corrected chi connectivity index (χ4v) is 2.59. The molecule has 0 aromatic carbocycles. The molecule has 82 valence electrons. The molecule has 0 aromatic heterocycles. The molecule has 0 N–H and O–H groups in total. The van der Waals surface area contributed by atoms with Crippen molar-refractivity contribution in [3.05, 3.63) is 10.1 Å². The van der Waals surface area contributed by atoms with Crippen molar-refractivity contribution in [2.24, 2.45) is 5.10 Å². The average molecular weight is 299 g/mol. The Morgan fingerprint density at radius 1 is 1.57 bits per heavy atom. The van der Waals surface area contributed by atoms with Gasteiger partial charge in [0.1, 0.15) is 0 Å². The molecule has 0 aliphatic heterocycles. The van der Waals surface area contributed by atoms with Gasteiger partial charge in [-0.05, 0) is 6.26 Å². The first-order valence-electron chi connectivity index (χ1n) is 3.03. The summed E-state index contributed by atoms with van der Waals surface area (Å²) >= 11 is 18.3. The van der Waals surface area contributed by atoms with E-state index in [-0.39, 0.29) is 5.17 Å². The first kappa shape index (κ1) is 14.4. The second-order valence-electron chi connectivity index (χ2n) is 1.86. The lowest BCUT2D eigenvalue weighted by molar-refractivity contribution is -0.485. The van der Waals surface area contributed by atoms with Gasteiger partial charge >= 0.3 is 0 Å². The third-order valence-corrected chi connectivity index (χ3v) is 2.97. The zero-order chi connectivity index (χ0) is 11.4. The van der Waals surface area contributed by atoms with Crippen LogP contribution in [0.1, 0.15) is 0 Å². The van der Waals surface area contributed by atoms with E-state index in [1.165, 1.54) is 11.4 Å². The van der Waals surface area contributed by atoms with E-state index in [1.54, 1.807) is 6.26 Å².